The molecule has 0 saturated heterocycles. The second kappa shape index (κ2) is 8.66. The first-order chi connectivity index (χ1) is 12.6. The first-order valence-corrected chi connectivity index (χ1v) is 9.55. The Hall–Kier alpha value is -1.89. The number of carbonyl (C=O) groups is 2. The molecule has 1 amide bonds. The highest BCUT2D eigenvalue weighted by molar-refractivity contribution is 8.00. The van der Waals surface area contributed by atoms with Gasteiger partial charge < -0.3 is 9.47 Å². The largest absolute Gasteiger partial charge is 0.487 e. The Balaban J connectivity index is 1.51. The van der Waals surface area contributed by atoms with Crippen LogP contribution in [0.5, 0.6) is 5.75 Å². The minimum Gasteiger partial charge on any atom is -0.487 e. The molecule has 0 unspecified atom stereocenters. The van der Waals surface area contributed by atoms with Gasteiger partial charge >= 0.3 is 5.97 Å². The van der Waals surface area contributed by atoms with Crippen molar-refractivity contribution < 1.29 is 19.1 Å². The van der Waals surface area contributed by atoms with Gasteiger partial charge in [0, 0.05) is 4.90 Å². The zero-order valence-electron chi connectivity index (χ0n) is 13.6. The van der Waals surface area contributed by atoms with Crippen molar-refractivity contribution in [3.8, 4) is 5.75 Å². The molecule has 8 heteroatoms. The van der Waals surface area contributed by atoms with E-state index < -0.39 is 5.97 Å². The fourth-order valence-electron chi connectivity index (χ4n) is 2.42. The van der Waals surface area contributed by atoms with Gasteiger partial charge in [0.2, 0.25) is 5.91 Å². The van der Waals surface area contributed by atoms with Crippen molar-refractivity contribution in [1.29, 1.82) is 0 Å². The van der Waals surface area contributed by atoms with E-state index in [1.54, 1.807) is 18.2 Å². The third-order valence-electron chi connectivity index (χ3n) is 3.61. The number of carbonyl (C=O) groups excluding carboxylic acids is 2. The number of hydrogen-bond acceptors (Lipinski definition) is 5. The normalized spacial score (nSPS) is 13.3. The van der Waals surface area contributed by atoms with E-state index in [4.69, 9.17) is 32.7 Å². The second-order valence-corrected chi connectivity index (χ2v) is 7.19. The van der Waals surface area contributed by atoms with Crippen molar-refractivity contribution in [2.24, 2.45) is 0 Å². The van der Waals surface area contributed by atoms with Gasteiger partial charge in [-0.05, 0) is 24.3 Å². The summed E-state index contributed by atoms with van der Waals surface area (Å²) in [5.74, 6) is 0.0287. The van der Waals surface area contributed by atoms with Crippen LogP contribution in [0.4, 0.5) is 5.69 Å². The van der Waals surface area contributed by atoms with Crippen molar-refractivity contribution in [3.05, 3.63) is 52.5 Å². The number of halogens is 2. The molecule has 2 aromatic rings. The van der Waals surface area contributed by atoms with Crippen LogP contribution in [0.15, 0.2) is 47.4 Å². The number of fused-ring (bicyclic) bond motifs is 1. The average Bonchev–Trinajstić information content (AvgIpc) is 2.63. The molecular weight excluding hydrogens is 397 g/mol. The molecule has 136 valence electrons. The Bertz CT molecular complexity index is 810. The summed E-state index contributed by atoms with van der Waals surface area (Å²) < 4.78 is 10.6. The minimum absolute atomic E-state index is 0.0266. The van der Waals surface area contributed by atoms with Gasteiger partial charge in [0.25, 0.3) is 0 Å². The molecule has 1 aliphatic heterocycles. The summed E-state index contributed by atoms with van der Waals surface area (Å²) in [6.45, 7) is -0.00233. The van der Waals surface area contributed by atoms with Crippen LogP contribution in [0.3, 0.4) is 0 Å². The molecule has 0 aromatic heterocycles. The van der Waals surface area contributed by atoms with E-state index in [2.05, 4.69) is 0 Å². The van der Waals surface area contributed by atoms with Crippen LogP contribution < -0.4 is 9.64 Å². The van der Waals surface area contributed by atoms with E-state index in [9.17, 15) is 9.59 Å². The van der Waals surface area contributed by atoms with E-state index in [1.807, 2.05) is 24.3 Å². The van der Waals surface area contributed by atoms with Gasteiger partial charge in [-0.15, -0.1) is 11.8 Å². The maximum absolute atomic E-state index is 12.1. The third kappa shape index (κ3) is 4.44. The maximum Gasteiger partial charge on any atom is 0.326 e. The molecule has 3 rings (SSSR count). The summed E-state index contributed by atoms with van der Waals surface area (Å²) in [5.41, 5.74) is 0.727. The molecule has 0 bridgehead atoms. The first kappa shape index (κ1) is 18.9. The molecule has 0 N–H and O–H groups in total. The molecule has 2 aromatic carbocycles. The molecule has 0 radical (unpaired) electrons. The molecule has 5 nitrogen and oxygen atoms in total. The lowest BCUT2D eigenvalue weighted by molar-refractivity contribution is -0.143. The molecule has 26 heavy (non-hydrogen) atoms. The van der Waals surface area contributed by atoms with Crippen molar-refractivity contribution in [1.82, 2.24) is 0 Å². The zero-order chi connectivity index (χ0) is 18.5. The van der Waals surface area contributed by atoms with Crippen LogP contribution in [-0.4, -0.2) is 37.4 Å². The van der Waals surface area contributed by atoms with Crippen LogP contribution in [0, 0.1) is 0 Å². The van der Waals surface area contributed by atoms with E-state index in [1.165, 1.54) is 16.7 Å². The van der Waals surface area contributed by atoms with Crippen molar-refractivity contribution >= 4 is 52.5 Å². The second-order valence-electron chi connectivity index (χ2n) is 5.36. The summed E-state index contributed by atoms with van der Waals surface area (Å²) in [4.78, 5) is 26.6. The highest BCUT2D eigenvalue weighted by Gasteiger charge is 2.26. The van der Waals surface area contributed by atoms with E-state index in [-0.39, 0.29) is 25.7 Å². The number of nitrogens with zero attached hydrogens (tertiary/aromatic N) is 1. The van der Waals surface area contributed by atoms with Crippen LogP contribution in [-0.2, 0) is 14.3 Å². The average molecular weight is 412 g/mol. The Kier molecular flexibility index (Phi) is 6.29. The van der Waals surface area contributed by atoms with Crippen LogP contribution >= 0.6 is 35.0 Å². The highest BCUT2D eigenvalue weighted by Crippen LogP contribution is 2.35. The summed E-state index contributed by atoms with van der Waals surface area (Å²) >= 11 is 13.5. The monoisotopic (exact) mass is 411 g/mol. The first-order valence-electron chi connectivity index (χ1n) is 7.81. The number of thioether (sulfide) groups is 1. The summed E-state index contributed by atoms with van der Waals surface area (Å²) in [6.07, 6.45) is 0. The van der Waals surface area contributed by atoms with E-state index >= 15 is 0 Å². The van der Waals surface area contributed by atoms with Gasteiger partial charge in [-0.25, -0.2) is 0 Å². The van der Waals surface area contributed by atoms with Gasteiger partial charge in [0.05, 0.1) is 21.5 Å². The van der Waals surface area contributed by atoms with Gasteiger partial charge in [-0.1, -0.05) is 41.4 Å². The standard InChI is InChI=1S/C18H15Cl2NO4S/c19-12-4-3-5-13(20)18(12)25-9-8-24-17(23)10-21-14-6-1-2-7-15(14)26-11-16(21)22/h1-7H,8-11H2. The summed E-state index contributed by atoms with van der Waals surface area (Å²) in [6, 6.07) is 12.5. The SMILES string of the molecule is O=C(CN1C(=O)CSc2ccccc21)OCCOc1c(Cl)cccc1Cl. The summed E-state index contributed by atoms with van der Waals surface area (Å²) in [7, 11) is 0. The number of ether oxygens (including phenoxy) is 2. The Morgan fingerprint density at radius 2 is 1.81 bits per heavy atom. The van der Waals surface area contributed by atoms with Crippen molar-refractivity contribution in [2.75, 3.05) is 30.4 Å². The van der Waals surface area contributed by atoms with Crippen LogP contribution in [0.2, 0.25) is 10.0 Å². The van der Waals surface area contributed by atoms with Gasteiger partial charge in [0.15, 0.2) is 5.75 Å². The summed E-state index contributed by atoms with van der Waals surface area (Å²) in [5, 5.41) is 0.772. The number of anilines is 1. The number of rotatable bonds is 6. The molecule has 0 fully saturated rings. The Morgan fingerprint density at radius 3 is 2.58 bits per heavy atom. The quantitative estimate of drug-likeness (QED) is 0.529. The van der Waals surface area contributed by atoms with Gasteiger partial charge in [0.1, 0.15) is 19.8 Å². The highest BCUT2D eigenvalue weighted by atomic mass is 35.5. The number of hydrogen-bond donors (Lipinski definition) is 0. The number of benzene rings is 2. The Morgan fingerprint density at radius 1 is 1.08 bits per heavy atom. The van der Waals surface area contributed by atoms with Gasteiger partial charge in [-0.3, -0.25) is 14.5 Å². The lowest BCUT2D eigenvalue weighted by Crippen LogP contribution is -2.40. The smallest absolute Gasteiger partial charge is 0.326 e. The maximum atomic E-state index is 12.1. The van der Waals surface area contributed by atoms with E-state index in [0.29, 0.717) is 21.5 Å². The number of esters is 1. The minimum atomic E-state index is -0.506. The fourth-order valence-corrected chi connectivity index (χ4v) is 3.86. The zero-order valence-corrected chi connectivity index (χ0v) is 15.9. The topological polar surface area (TPSA) is 55.8 Å². The Labute approximate surface area is 165 Å². The molecule has 0 atom stereocenters. The fraction of sp³-hybridized carbons (Fsp3) is 0.222. The predicted octanol–water partition coefficient (Wildman–Crippen LogP) is 4.05. The molecule has 1 heterocycles. The molecule has 0 spiro atoms. The number of amides is 1. The third-order valence-corrected chi connectivity index (χ3v) is 5.25. The van der Waals surface area contributed by atoms with Crippen molar-refractivity contribution in [2.45, 2.75) is 4.90 Å². The van der Waals surface area contributed by atoms with Crippen LogP contribution in [0.1, 0.15) is 0 Å². The lowest BCUT2D eigenvalue weighted by atomic mass is 10.2. The van der Waals surface area contributed by atoms with Gasteiger partial charge in [-0.2, -0.15) is 0 Å². The van der Waals surface area contributed by atoms with Crippen LogP contribution in [0.25, 0.3) is 0 Å². The lowest BCUT2D eigenvalue weighted by Gasteiger charge is -2.27. The predicted molar refractivity (Wildman–Crippen MR) is 102 cm³/mol. The molecular formula is C18H15Cl2NO4S. The van der Waals surface area contributed by atoms with E-state index in [0.717, 1.165) is 10.6 Å². The molecule has 0 saturated carbocycles. The molecule has 0 aliphatic carbocycles. The molecule has 1 aliphatic rings. The number of para-hydroxylation sites is 2. The van der Waals surface area contributed by atoms with Crippen molar-refractivity contribution in [3.63, 3.8) is 0 Å².